The van der Waals surface area contributed by atoms with Gasteiger partial charge >= 0.3 is 12.1 Å². The van der Waals surface area contributed by atoms with E-state index in [9.17, 15) is 14.4 Å². The van der Waals surface area contributed by atoms with Crippen molar-refractivity contribution < 1.29 is 23.9 Å². The van der Waals surface area contributed by atoms with Gasteiger partial charge in [-0.15, -0.1) is 0 Å². The Hall–Kier alpha value is -1.83. The number of hydrogen-bond donors (Lipinski definition) is 2. The maximum atomic E-state index is 12.9. The van der Waals surface area contributed by atoms with Gasteiger partial charge < -0.3 is 25.4 Å². The standard InChI is InChI=1S/C19H33N3O5/c1-19(2,3)27-18(25)21-10-12-5-7-13(8-6-12)16(23)22-11-14(20)9-15(22)17(24)26-4/h12-15H,5-11,20H2,1-4H3,(H,21,25)/t12?,13?,14?,15-/m0/s1. The summed E-state index contributed by atoms with van der Waals surface area (Å²) < 4.78 is 10.1. The Morgan fingerprint density at radius 1 is 1.15 bits per heavy atom. The number of amides is 2. The number of rotatable bonds is 4. The van der Waals surface area contributed by atoms with Crippen LogP contribution in [0.15, 0.2) is 0 Å². The fraction of sp³-hybridized carbons (Fsp3) is 0.842. The number of likely N-dealkylation sites (tertiary alicyclic amines) is 1. The normalized spacial score (nSPS) is 28.6. The van der Waals surface area contributed by atoms with Gasteiger partial charge in [0.1, 0.15) is 11.6 Å². The molecule has 1 aliphatic heterocycles. The molecule has 1 aliphatic carbocycles. The SMILES string of the molecule is COC(=O)[C@@H]1CC(N)CN1C(=O)C1CCC(CNC(=O)OC(C)(C)C)CC1. The quantitative estimate of drug-likeness (QED) is 0.710. The lowest BCUT2D eigenvalue weighted by atomic mass is 9.81. The van der Waals surface area contributed by atoms with Crippen LogP contribution in [0.3, 0.4) is 0 Å². The molecule has 0 aromatic rings. The maximum Gasteiger partial charge on any atom is 0.407 e. The lowest BCUT2D eigenvalue weighted by Crippen LogP contribution is -2.45. The topological polar surface area (TPSA) is 111 Å². The molecule has 2 atom stereocenters. The third kappa shape index (κ3) is 6.09. The predicted molar refractivity (Wildman–Crippen MR) is 99.8 cm³/mol. The Labute approximate surface area is 161 Å². The van der Waals surface area contributed by atoms with Gasteiger partial charge in [0.15, 0.2) is 0 Å². The first-order chi connectivity index (χ1) is 12.6. The second kappa shape index (κ2) is 8.91. The number of hydrogen-bond acceptors (Lipinski definition) is 6. The average Bonchev–Trinajstić information content (AvgIpc) is 2.99. The highest BCUT2D eigenvalue weighted by molar-refractivity contribution is 5.86. The predicted octanol–water partition coefficient (Wildman–Crippen LogP) is 1.42. The van der Waals surface area contributed by atoms with E-state index in [4.69, 9.17) is 15.2 Å². The number of nitrogens with one attached hydrogen (secondary N) is 1. The summed E-state index contributed by atoms with van der Waals surface area (Å²) in [5, 5.41) is 2.81. The molecule has 0 bridgehead atoms. The van der Waals surface area contributed by atoms with Crippen molar-refractivity contribution in [3.05, 3.63) is 0 Å². The van der Waals surface area contributed by atoms with Gasteiger partial charge in [0.05, 0.1) is 7.11 Å². The Bertz CT molecular complexity index is 552. The van der Waals surface area contributed by atoms with E-state index in [-0.39, 0.29) is 17.9 Å². The van der Waals surface area contributed by atoms with E-state index >= 15 is 0 Å². The average molecular weight is 383 g/mol. The minimum absolute atomic E-state index is 0.00287. The van der Waals surface area contributed by atoms with Crippen LogP contribution in [0.5, 0.6) is 0 Å². The van der Waals surface area contributed by atoms with E-state index in [1.165, 1.54) is 7.11 Å². The van der Waals surface area contributed by atoms with Gasteiger partial charge in [0, 0.05) is 25.0 Å². The van der Waals surface area contributed by atoms with Gasteiger partial charge in [-0.1, -0.05) is 0 Å². The Kier molecular flexibility index (Phi) is 7.08. The number of carbonyl (C=O) groups excluding carboxylic acids is 3. The van der Waals surface area contributed by atoms with E-state index in [1.807, 2.05) is 20.8 Å². The van der Waals surface area contributed by atoms with Crippen LogP contribution in [0.25, 0.3) is 0 Å². The van der Waals surface area contributed by atoms with E-state index in [2.05, 4.69) is 5.32 Å². The van der Waals surface area contributed by atoms with Crippen LogP contribution < -0.4 is 11.1 Å². The first-order valence-electron chi connectivity index (χ1n) is 9.71. The zero-order chi connectivity index (χ0) is 20.2. The number of nitrogens with zero attached hydrogens (tertiary/aromatic N) is 1. The smallest absolute Gasteiger partial charge is 0.407 e. The van der Waals surface area contributed by atoms with Crippen LogP contribution >= 0.6 is 0 Å². The van der Waals surface area contributed by atoms with E-state index in [0.717, 1.165) is 25.7 Å². The minimum Gasteiger partial charge on any atom is -0.467 e. The van der Waals surface area contributed by atoms with Crippen molar-refractivity contribution in [1.82, 2.24) is 10.2 Å². The highest BCUT2D eigenvalue weighted by Gasteiger charge is 2.41. The summed E-state index contributed by atoms with van der Waals surface area (Å²) in [5.41, 5.74) is 5.44. The number of methoxy groups -OCH3 is 1. The van der Waals surface area contributed by atoms with Gasteiger partial charge in [-0.3, -0.25) is 4.79 Å². The van der Waals surface area contributed by atoms with Gasteiger partial charge in [-0.05, 0) is 58.8 Å². The molecule has 0 spiro atoms. The summed E-state index contributed by atoms with van der Waals surface area (Å²) >= 11 is 0. The Balaban J connectivity index is 1.80. The van der Waals surface area contributed by atoms with Crippen LogP contribution in [0.2, 0.25) is 0 Å². The second-order valence-corrected chi connectivity index (χ2v) is 8.63. The second-order valence-electron chi connectivity index (χ2n) is 8.63. The molecule has 27 heavy (non-hydrogen) atoms. The lowest BCUT2D eigenvalue weighted by molar-refractivity contribution is -0.152. The molecule has 0 radical (unpaired) electrons. The van der Waals surface area contributed by atoms with Gasteiger partial charge in [0.2, 0.25) is 5.91 Å². The summed E-state index contributed by atoms with van der Waals surface area (Å²) in [6.45, 7) is 6.44. The van der Waals surface area contributed by atoms with Crippen molar-refractivity contribution >= 4 is 18.0 Å². The van der Waals surface area contributed by atoms with Crippen LogP contribution in [-0.4, -0.2) is 60.8 Å². The first-order valence-corrected chi connectivity index (χ1v) is 9.71. The molecule has 1 heterocycles. The minimum atomic E-state index is -0.566. The van der Waals surface area contributed by atoms with Crippen LogP contribution in [0.4, 0.5) is 4.79 Å². The molecule has 1 saturated carbocycles. The monoisotopic (exact) mass is 383 g/mol. The molecule has 2 rings (SSSR count). The zero-order valence-corrected chi connectivity index (χ0v) is 16.8. The van der Waals surface area contributed by atoms with E-state index in [1.54, 1.807) is 4.90 Å². The molecular weight excluding hydrogens is 350 g/mol. The van der Waals surface area contributed by atoms with Gasteiger partial charge in [-0.25, -0.2) is 9.59 Å². The fourth-order valence-electron chi connectivity index (χ4n) is 3.86. The highest BCUT2D eigenvalue weighted by Crippen LogP contribution is 2.32. The summed E-state index contributed by atoms with van der Waals surface area (Å²) in [4.78, 5) is 38.2. The van der Waals surface area contributed by atoms with Crippen molar-refractivity contribution in [1.29, 1.82) is 0 Å². The molecule has 0 aromatic carbocycles. The Morgan fingerprint density at radius 2 is 1.78 bits per heavy atom. The summed E-state index contributed by atoms with van der Waals surface area (Å²) in [7, 11) is 1.33. The zero-order valence-electron chi connectivity index (χ0n) is 16.8. The van der Waals surface area contributed by atoms with Crippen molar-refractivity contribution in [2.75, 3.05) is 20.2 Å². The van der Waals surface area contributed by atoms with Crippen molar-refractivity contribution in [2.45, 2.75) is 70.6 Å². The third-order valence-electron chi connectivity index (χ3n) is 5.22. The number of alkyl carbamates (subject to hydrolysis) is 1. The molecule has 8 nitrogen and oxygen atoms in total. The number of ether oxygens (including phenoxy) is 2. The Morgan fingerprint density at radius 3 is 2.33 bits per heavy atom. The molecule has 0 aromatic heterocycles. The highest BCUT2D eigenvalue weighted by atomic mass is 16.6. The third-order valence-corrected chi connectivity index (χ3v) is 5.22. The van der Waals surface area contributed by atoms with Crippen LogP contribution in [0, 0.1) is 11.8 Å². The van der Waals surface area contributed by atoms with E-state index in [0.29, 0.717) is 25.4 Å². The summed E-state index contributed by atoms with van der Waals surface area (Å²) in [6, 6.07) is -0.753. The number of nitrogens with two attached hydrogens (primary N) is 1. The molecule has 154 valence electrons. The number of esters is 1. The lowest BCUT2D eigenvalue weighted by Gasteiger charge is -2.32. The maximum absolute atomic E-state index is 12.9. The molecular formula is C19H33N3O5. The summed E-state index contributed by atoms with van der Waals surface area (Å²) in [5.74, 6) is -0.164. The van der Waals surface area contributed by atoms with Crippen molar-refractivity contribution in [3.8, 4) is 0 Å². The van der Waals surface area contributed by atoms with Gasteiger partial charge in [-0.2, -0.15) is 0 Å². The molecule has 8 heteroatoms. The first kappa shape index (κ1) is 21.5. The molecule has 3 N–H and O–H groups in total. The largest absolute Gasteiger partial charge is 0.467 e. The van der Waals surface area contributed by atoms with Gasteiger partial charge in [0.25, 0.3) is 0 Å². The molecule has 1 saturated heterocycles. The molecule has 1 unspecified atom stereocenters. The van der Waals surface area contributed by atoms with E-state index < -0.39 is 23.7 Å². The molecule has 2 amide bonds. The van der Waals surface area contributed by atoms with Crippen LogP contribution in [-0.2, 0) is 19.1 Å². The van der Waals surface area contributed by atoms with Crippen molar-refractivity contribution in [2.24, 2.45) is 17.6 Å². The number of carbonyl (C=O) groups is 3. The van der Waals surface area contributed by atoms with Crippen molar-refractivity contribution in [3.63, 3.8) is 0 Å². The molecule has 2 fully saturated rings. The molecule has 2 aliphatic rings. The fourth-order valence-corrected chi connectivity index (χ4v) is 3.86. The summed E-state index contributed by atoms with van der Waals surface area (Å²) in [6.07, 6.45) is 3.25. The van der Waals surface area contributed by atoms with Crippen LogP contribution in [0.1, 0.15) is 52.9 Å².